The van der Waals surface area contributed by atoms with Crippen LogP contribution in [-0.4, -0.2) is 28.4 Å². The Labute approximate surface area is 202 Å². The van der Waals surface area contributed by atoms with Crippen LogP contribution in [0.4, 0.5) is 10.5 Å². The lowest BCUT2D eigenvalue weighted by Crippen LogP contribution is -2.36. The standard InChI is InChI=1S/C26H26N4O5/c1-16(19-5-3-2-4-6-19)34-26(33)29-23-22(14-27)30-35-24(23)20-11-9-18(10-12-20)15-28-21(25(31)32)13-17-7-8-17/h2-6,9-12,16-17,21,28H,7-8,13,15H2,1H3,(H,29,33)(H,31,32). The molecule has 0 aliphatic heterocycles. The van der Waals surface area contributed by atoms with E-state index < -0.39 is 24.2 Å². The van der Waals surface area contributed by atoms with E-state index in [0.29, 0.717) is 24.4 Å². The van der Waals surface area contributed by atoms with Crippen LogP contribution in [0.2, 0.25) is 0 Å². The molecule has 0 bridgehead atoms. The number of nitrogens with zero attached hydrogens (tertiary/aromatic N) is 2. The van der Waals surface area contributed by atoms with Crippen molar-refractivity contribution in [3.8, 4) is 17.4 Å². The van der Waals surface area contributed by atoms with Gasteiger partial charge in [0.25, 0.3) is 0 Å². The van der Waals surface area contributed by atoms with Gasteiger partial charge in [-0.2, -0.15) is 5.26 Å². The summed E-state index contributed by atoms with van der Waals surface area (Å²) in [7, 11) is 0. The van der Waals surface area contributed by atoms with Gasteiger partial charge in [0.1, 0.15) is 23.9 Å². The van der Waals surface area contributed by atoms with Gasteiger partial charge < -0.3 is 19.7 Å². The molecule has 0 saturated heterocycles. The van der Waals surface area contributed by atoms with Gasteiger partial charge in [-0.15, -0.1) is 0 Å². The third kappa shape index (κ3) is 6.25. The SMILES string of the molecule is CC(OC(=O)Nc1c(C#N)noc1-c1ccc(CNC(CC2CC2)C(=O)O)cc1)c1ccccc1. The normalized spacial score (nSPS) is 14.5. The number of hydrogen-bond acceptors (Lipinski definition) is 7. The van der Waals surface area contributed by atoms with Crippen molar-refractivity contribution in [2.45, 2.75) is 44.9 Å². The Morgan fingerprint density at radius 1 is 1.20 bits per heavy atom. The molecular weight excluding hydrogens is 448 g/mol. The Bertz CT molecular complexity index is 1210. The first-order valence-electron chi connectivity index (χ1n) is 11.4. The van der Waals surface area contributed by atoms with Crippen LogP contribution in [-0.2, 0) is 16.1 Å². The lowest BCUT2D eigenvalue weighted by molar-refractivity contribution is -0.139. The quantitative estimate of drug-likeness (QED) is 0.379. The number of anilines is 1. The largest absolute Gasteiger partial charge is 0.480 e. The topological polar surface area (TPSA) is 137 Å². The number of carbonyl (C=O) groups excluding carboxylic acids is 1. The van der Waals surface area contributed by atoms with Crippen molar-refractivity contribution in [1.29, 1.82) is 5.26 Å². The van der Waals surface area contributed by atoms with Crippen LogP contribution in [0.1, 0.15) is 49.1 Å². The number of aliphatic carboxylic acids is 1. The smallest absolute Gasteiger partial charge is 0.412 e. The Morgan fingerprint density at radius 3 is 2.54 bits per heavy atom. The van der Waals surface area contributed by atoms with Crippen LogP contribution in [0.5, 0.6) is 0 Å². The Balaban J connectivity index is 1.42. The summed E-state index contributed by atoms with van der Waals surface area (Å²) < 4.78 is 10.8. The molecule has 4 rings (SSSR count). The third-order valence-electron chi connectivity index (χ3n) is 5.91. The zero-order chi connectivity index (χ0) is 24.8. The molecule has 9 heteroatoms. The minimum Gasteiger partial charge on any atom is -0.480 e. The summed E-state index contributed by atoms with van der Waals surface area (Å²) in [6.45, 7) is 2.15. The van der Waals surface area contributed by atoms with Gasteiger partial charge in [0, 0.05) is 12.1 Å². The van der Waals surface area contributed by atoms with E-state index in [9.17, 15) is 20.0 Å². The van der Waals surface area contributed by atoms with E-state index in [1.165, 1.54) is 0 Å². The fraction of sp³-hybridized carbons (Fsp3) is 0.308. The number of benzene rings is 2. The molecule has 2 aromatic carbocycles. The molecule has 1 fully saturated rings. The van der Waals surface area contributed by atoms with Gasteiger partial charge in [0.15, 0.2) is 5.76 Å². The lowest BCUT2D eigenvalue weighted by Gasteiger charge is -2.14. The number of carboxylic acid groups (broad SMARTS) is 1. The average molecular weight is 475 g/mol. The number of ether oxygens (including phenoxy) is 1. The second-order valence-corrected chi connectivity index (χ2v) is 8.58. The van der Waals surface area contributed by atoms with Crippen molar-refractivity contribution in [3.05, 3.63) is 71.4 Å². The van der Waals surface area contributed by atoms with Gasteiger partial charge in [-0.1, -0.05) is 72.6 Å². The zero-order valence-electron chi connectivity index (χ0n) is 19.2. The molecule has 180 valence electrons. The van der Waals surface area contributed by atoms with Gasteiger partial charge in [-0.25, -0.2) is 4.79 Å². The summed E-state index contributed by atoms with van der Waals surface area (Å²) in [6.07, 6.45) is 1.59. The molecule has 0 spiro atoms. The number of carboxylic acids is 1. The molecule has 1 aliphatic rings. The number of nitrogens with one attached hydrogen (secondary N) is 2. The van der Waals surface area contributed by atoms with Crippen molar-refractivity contribution in [1.82, 2.24) is 10.5 Å². The highest BCUT2D eigenvalue weighted by atomic mass is 16.6. The third-order valence-corrected chi connectivity index (χ3v) is 5.91. The van der Waals surface area contributed by atoms with E-state index in [4.69, 9.17) is 9.26 Å². The van der Waals surface area contributed by atoms with Crippen LogP contribution in [0.15, 0.2) is 59.1 Å². The molecule has 0 radical (unpaired) electrons. The first-order valence-corrected chi connectivity index (χ1v) is 11.4. The first-order chi connectivity index (χ1) is 16.9. The number of hydrogen-bond donors (Lipinski definition) is 3. The molecule has 3 aromatic rings. The van der Waals surface area contributed by atoms with Gasteiger partial charge >= 0.3 is 12.1 Å². The van der Waals surface area contributed by atoms with Crippen LogP contribution in [0.25, 0.3) is 11.3 Å². The van der Waals surface area contributed by atoms with Crippen molar-refractivity contribution < 1.29 is 24.0 Å². The second-order valence-electron chi connectivity index (χ2n) is 8.58. The highest BCUT2D eigenvalue weighted by Crippen LogP contribution is 2.34. The summed E-state index contributed by atoms with van der Waals surface area (Å²) in [5.41, 5.74) is 2.38. The van der Waals surface area contributed by atoms with E-state index in [1.807, 2.05) is 48.5 Å². The molecule has 1 aliphatic carbocycles. The Morgan fingerprint density at radius 2 is 1.91 bits per heavy atom. The Hall–Kier alpha value is -4.16. The van der Waals surface area contributed by atoms with Gasteiger partial charge in [-0.05, 0) is 30.4 Å². The number of aromatic nitrogens is 1. The fourth-order valence-corrected chi connectivity index (χ4v) is 3.74. The summed E-state index contributed by atoms with van der Waals surface area (Å²) >= 11 is 0. The Kier molecular flexibility index (Phi) is 7.43. The molecular formula is C26H26N4O5. The minimum absolute atomic E-state index is 0.0700. The van der Waals surface area contributed by atoms with Gasteiger partial charge in [0.2, 0.25) is 5.69 Å². The van der Waals surface area contributed by atoms with E-state index in [2.05, 4.69) is 15.8 Å². The predicted octanol–water partition coefficient (Wildman–Crippen LogP) is 4.87. The number of nitriles is 1. The van der Waals surface area contributed by atoms with Crippen LogP contribution >= 0.6 is 0 Å². The molecule has 2 atom stereocenters. The van der Waals surface area contributed by atoms with E-state index >= 15 is 0 Å². The number of carbonyl (C=O) groups is 2. The van der Waals surface area contributed by atoms with E-state index in [-0.39, 0.29) is 17.1 Å². The van der Waals surface area contributed by atoms with Gasteiger partial charge in [-0.3, -0.25) is 10.1 Å². The highest BCUT2D eigenvalue weighted by Gasteiger charge is 2.29. The van der Waals surface area contributed by atoms with Gasteiger partial charge in [0.05, 0.1) is 0 Å². The molecule has 1 amide bonds. The molecule has 1 heterocycles. The van der Waals surface area contributed by atoms with Crippen LogP contribution in [0.3, 0.4) is 0 Å². The van der Waals surface area contributed by atoms with E-state index in [0.717, 1.165) is 24.0 Å². The molecule has 1 aromatic heterocycles. The van der Waals surface area contributed by atoms with E-state index in [1.54, 1.807) is 19.1 Å². The zero-order valence-corrected chi connectivity index (χ0v) is 19.2. The first kappa shape index (κ1) is 24.0. The maximum atomic E-state index is 12.5. The monoisotopic (exact) mass is 474 g/mol. The number of rotatable bonds is 10. The lowest BCUT2D eigenvalue weighted by atomic mass is 10.1. The molecule has 2 unspecified atom stereocenters. The van der Waals surface area contributed by atoms with Crippen molar-refractivity contribution >= 4 is 17.7 Å². The summed E-state index contributed by atoms with van der Waals surface area (Å²) in [5.74, 6) is -0.119. The fourth-order valence-electron chi connectivity index (χ4n) is 3.74. The highest BCUT2D eigenvalue weighted by molar-refractivity contribution is 5.91. The predicted molar refractivity (Wildman–Crippen MR) is 127 cm³/mol. The summed E-state index contributed by atoms with van der Waals surface area (Å²) in [6, 6.07) is 17.8. The average Bonchev–Trinajstić information content (AvgIpc) is 3.60. The summed E-state index contributed by atoms with van der Waals surface area (Å²) in [5, 5.41) is 28.3. The maximum absolute atomic E-state index is 12.5. The molecule has 35 heavy (non-hydrogen) atoms. The van der Waals surface area contributed by atoms with Crippen LogP contribution < -0.4 is 10.6 Å². The van der Waals surface area contributed by atoms with Crippen molar-refractivity contribution in [2.75, 3.05) is 5.32 Å². The van der Waals surface area contributed by atoms with Crippen molar-refractivity contribution in [2.24, 2.45) is 5.92 Å². The maximum Gasteiger partial charge on any atom is 0.412 e. The van der Waals surface area contributed by atoms with Crippen molar-refractivity contribution in [3.63, 3.8) is 0 Å². The molecule has 1 saturated carbocycles. The molecule has 9 nitrogen and oxygen atoms in total. The molecule has 3 N–H and O–H groups in total. The summed E-state index contributed by atoms with van der Waals surface area (Å²) in [4.78, 5) is 24.0. The number of amides is 1. The second kappa shape index (κ2) is 10.8. The minimum atomic E-state index is -0.844. The van der Waals surface area contributed by atoms with Crippen LogP contribution in [0, 0.1) is 17.2 Å².